The number of anilines is 1. The number of rotatable bonds is 5. The van der Waals surface area contributed by atoms with Crippen LogP contribution >= 0.6 is 0 Å². The second-order valence-electron chi connectivity index (χ2n) is 6.05. The van der Waals surface area contributed by atoms with E-state index in [4.69, 9.17) is 9.26 Å². The highest BCUT2D eigenvalue weighted by Gasteiger charge is 2.17. The van der Waals surface area contributed by atoms with E-state index < -0.39 is 0 Å². The van der Waals surface area contributed by atoms with Gasteiger partial charge < -0.3 is 14.6 Å². The molecule has 0 radical (unpaired) electrons. The van der Waals surface area contributed by atoms with E-state index in [0.29, 0.717) is 17.0 Å². The van der Waals surface area contributed by atoms with Gasteiger partial charge in [-0.15, -0.1) is 0 Å². The lowest BCUT2D eigenvalue weighted by atomic mass is 10.1. The Morgan fingerprint density at radius 2 is 1.92 bits per heavy atom. The van der Waals surface area contributed by atoms with Gasteiger partial charge in [-0.25, -0.2) is 0 Å². The van der Waals surface area contributed by atoms with Gasteiger partial charge in [0.2, 0.25) is 0 Å². The number of carbonyl (C=O) groups is 1. The molecule has 3 rings (SSSR count). The number of aromatic nitrogens is 1. The fourth-order valence-electron chi connectivity index (χ4n) is 2.87. The van der Waals surface area contributed by atoms with Gasteiger partial charge in [0.1, 0.15) is 11.3 Å². The Morgan fingerprint density at radius 3 is 2.54 bits per heavy atom. The van der Waals surface area contributed by atoms with Crippen LogP contribution in [0.3, 0.4) is 0 Å². The molecule has 1 aromatic heterocycles. The molecular weight excluding hydrogens is 306 g/mol. The molecule has 0 unspecified atom stereocenters. The van der Waals surface area contributed by atoms with Crippen LogP contribution in [0.1, 0.15) is 27.4 Å². The zero-order valence-electron chi connectivity index (χ0n) is 14.2. The van der Waals surface area contributed by atoms with Gasteiger partial charge in [-0.2, -0.15) is 0 Å². The predicted molar refractivity (Wildman–Crippen MR) is 91.3 cm³/mol. The molecule has 1 fully saturated rings. The summed E-state index contributed by atoms with van der Waals surface area (Å²) in [5, 5.41) is 6.71. The first kappa shape index (κ1) is 16.7. The van der Waals surface area contributed by atoms with E-state index in [9.17, 15) is 4.79 Å². The van der Waals surface area contributed by atoms with Crippen molar-refractivity contribution in [3.63, 3.8) is 0 Å². The molecule has 1 aliphatic heterocycles. The average Bonchev–Trinajstić information content (AvgIpc) is 2.94. The quantitative estimate of drug-likeness (QED) is 0.912. The topological polar surface area (TPSA) is 67.6 Å². The zero-order chi connectivity index (χ0) is 16.9. The summed E-state index contributed by atoms with van der Waals surface area (Å²) >= 11 is 0. The van der Waals surface area contributed by atoms with E-state index in [0.717, 1.165) is 45.0 Å². The molecule has 6 heteroatoms. The van der Waals surface area contributed by atoms with Crippen LogP contribution in [0.2, 0.25) is 0 Å². The Morgan fingerprint density at radius 1 is 1.21 bits per heavy atom. The van der Waals surface area contributed by atoms with Crippen molar-refractivity contribution in [1.29, 1.82) is 0 Å². The highest BCUT2D eigenvalue weighted by Crippen LogP contribution is 2.16. The summed E-state index contributed by atoms with van der Waals surface area (Å²) in [5.41, 5.74) is 3.14. The van der Waals surface area contributed by atoms with Gasteiger partial charge in [-0.3, -0.25) is 9.69 Å². The molecule has 2 heterocycles. The van der Waals surface area contributed by atoms with E-state index in [-0.39, 0.29) is 5.91 Å². The number of carbonyl (C=O) groups excluding carboxylic acids is 1. The van der Waals surface area contributed by atoms with Crippen LogP contribution in [0, 0.1) is 13.8 Å². The molecule has 0 spiro atoms. The first-order valence-electron chi connectivity index (χ1n) is 8.27. The third-order valence-corrected chi connectivity index (χ3v) is 4.29. The van der Waals surface area contributed by atoms with Crippen molar-refractivity contribution in [2.75, 3.05) is 38.2 Å². The third-order valence-electron chi connectivity index (χ3n) is 4.29. The third kappa shape index (κ3) is 4.01. The van der Waals surface area contributed by atoms with Gasteiger partial charge in [-0.1, -0.05) is 17.3 Å². The monoisotopic (exact) mass is 329 g/mol. The zero-order valence-corrected chi connectivity index (χ0v) is 14.2. The molecule has 1 amide bonds. The standard InChI is InChI=1S/C18H23N3O3/c1-13-17(14(2)24-20-13)18(22)19-16-5-3-15(4-6-16)7-8-21-9-11-23-12-10-21/h3-6H,7-12H2,1-2H3,(H,19,22). The van der Waals surface area contributed by atoms with Crippen molar-refractivity contribution >= 4 is 11.6 Å². The van der Waals surface area contributed by atoms with Crippen LogP contribution in [0.15, 0.2) is 28.8 Å². The number of nitrogens with zero attached hydrogens (tertiary/aromatic N) is 2. The molecule has 1 N–H and O–H groups in total. The fourth-order valence-corrected chi connectivity index (χ4v) is 2.87. The number of benzene rings is 1. The Labute approximate surface area is 141 Å². The minimum Gasteiger partial charge on any atom is -0.379 e. The summed E-state index contributed by atoms with van der Waals surface area (Å²) in [5.74, 6) is 0.347. The van der Waals surface area contributed by atoms with E-state index >= 15 is 0 Å². The fraction of sp³-hybridized carbons (Fsp3) is 0.444. The summed E-state index contributed by atoms with van der Waals surface area (Å²) in [6.07, 6.45) is 0.998. The van der Waals surface area contributed by atoms with Crippen LogP contribution < -0.4 is 5.32 Å². The molecule has 1 aliphatic rings. The van der Waals surface area contributed by atoms with E-state index in [2.05, 4.69) is 27.5 Å². The largest absolute Gasteiger partial charge is 0.379 e. The molecule has 2 aromatic rings. The van der Waals surface area contributed by atoms with Crippen LogP contribution in [0.25, 0.3) is 0 Å². The lowest BCUT2D eigenvalue weighted by molar-refractivity contribution is 0.0384. The van der Waals surface area contributed by atoms with Gasteiger partial charge in [0.05, 0.1) is 18.9 Å². The molecule has 0 saturated carbocycles. The maximum Gasteiger partial charge on any atom is 0.261 e. The van der Waals surface area contributed by atoms with Crippen molar-refractivity contribution in [1.82, 2.24) is 10.1 Å². The van der Waals surface area contributed by atoms with Crippen molar-refractivity contribution < 1.29 is 14.1 Å². The molecule has 1 saturated heterocycles. The average molecular weight is 329 g/mol. The SMILES string of the molecule is Cc1noc(C)c1C(=O)Nc1ccc(CCN2CCOCC2)cc1. The normalized spacial score (nSPS) is 15.4. The van der Waals surface area contributed by atoms with Crippen LogP contribution in [0.5, 0.6) is 0 Å². The number of nitrogens with one attached hydrogen (secondary N) is 1. The van der Waals surface area contributed by atoms with Crippen molar-refractivity contribution in [2.24, 2.45) is 0 Å². The molecule has 0 aliphatic carbocycles. The van der Waals surface area contributed by atoms with Crippen LogP contribution in [-0.2, 0) is 11.2 Å². The molecular formula is C18H23N3O3. The van der Waals surface area contributed by atoms with Gasteiger partial charge in [0, 0.05) is 25.3 Å². The number of hydrogen-bond donors (Lipinski definition) is 1. The molecule has 24 heavy (non-hydrogen) atoms. The van der Waals surface area contributed by atoms with Crippen molar-refractivity contribution in [2.45, 2.75) is 20.3 Å². The maximum atomic E-state index is 12.3. The summed E-state index contributed by atoms with van der Waals surface area (Å²) in [7, 11) is 0. The van der Waals surface area contributed by atoms with Crippen molar-refractivity contribution in [3.05, 3.63) is 46.8 Å². The van der Waals surface area contributed by atoms with Crippen LogP contribution in [-0.4, -0.2) is 48.8 Å². The lowest BCUT2D eigenvalue weighted by Crippen LogP contribution is -2.37. The Hall–Kier alpha value is -2.18. The minimum atomic E-state index is -0.188. The molecule has 128 valence electrons. The second-order valence-corrected chi connectivity index (χ2v) is 6.05. The number of morpholine rings is 1. The lowest BCUT2D eigenvalue weighted by Gasteiger charge is -2.26. The second kappa shape index (κ2) is 7.59. The van der Waals surface area contributed by atoms with Gasteiger partial charge >= 0.3 is 0 Å². The number of ether oxygens (including phenoxy) is 1. The summed E-state index contributed by atoms with van der Waals surface area (Å²) in [4.78, 5) is 14.7. The Balaban J connectivity index is 1.55. The van der Waals surface area contributed by atoms with Crippen molar-refractivity contribution in [3.8, 4) is 0 Å². The molecule has 0 bridgehead atoms. The van der Waals surface area contributed by atoms with E-state index in [1.807, 2.05) is 12.1 Å². The van der Waals surface area contributed by atoms with E-state index in [1.54, 1.807) is 13.8 Å². The maximum absolute atomic E-state index is 12.3. The number of aryl methyl sites for hydroxylation is 2. The van der Waals surface area contributed by atoms with Gasteiger partial charge in [-0.05, 0) is 38.0 Å². The van der Waals surface area contributed by atoms with Gasteiger partial charge in [0.25, 0.3) is 5.91 Å². The predicted octanol–water partition coefficient (Wildman–Crippen LogP) is 2.42. The number of hydrogen-bond acceptors (Lipinski definition) is 5. The molecule has 1 aromatic carbocycles. The Bertz CT molecular complexity index is 669. The summed E-state index contributed by atoms with van der Waals surface area (Å²) in [6, 6.07) is 7.99. The Kier molecular flexibility index (Phi) is 5.27. The summed E-state index contributed by atoms with van der Waals surface area (Å²) < 4.78 is 10.4. The first-order valence-corrected chi connectivity index (χ1v) is 8.27. The number of amides is 1. The molecule has 0 atom stereocenters. The minimum absolute atomic E-state index is 0.188. The highest BCUT2D eigenvalue weighted by molar-refractivity contribution is 6.05. The highest BCUT2D eigenvalue weighted by atomic mass is 16.5. The molecule has 6 nitrogen and oxygen atoms in total. The van der Waals surface area contributed by atoms with E-state index in [1.165, 1.54) is 5.56 Å². The van der Waals surface area contributed by atoms with Crippen LogP contribution in [0.4, 0.5) is 5.69 Å². The first-order chi connectivity index (χ1) is 11.6. The van der Waals surface area contributed by atoms with Gasteiger partial charge in [0.15, 0.2) is 0 Å². The summed E-state index contributed by atoms with van der Waals surface area (Å²) in [6.45, 7) is 8.20. The smallest absolute Gasteiger partial charge is 0.261 e.